The highest BCUT2D eigenvalue weighted by molar-refractivity contribution is 7.51. The largest absolute Gasteiger partial charge is 0.469 e. The van der Waals surface area contributed by atoms with Crippen molar-refractivity contribution < 1.29 is 32.9 Å². The average molecular weight is 276 g/mol. The molecule has 0 rings (SSSR count). The lowest BCUT2D eigenvalue weighted by atomic mass is 10.2. The Morgan fingerprint density at radius 2 is 1.31 bits per heavy atom. The lowest BCUT2D eigenvalue weighted by molar-refractivity contribution is 0.192. The summed E-state index contributed by atoms with van der Waals surface area (Å²) in [4.78, 5) is 25.5. The van der Waals surface area contributed by atoms with Gasteiger partial charge in [-0.05, 0) is 12.8 Å². The lowest BCUT2D eigenvalue weighted by Gasteiger charge is -2.07. The molecule has 0 aromatic heterocycles. The third-order valence-corrected chi connectivity index (χ3v) is 2.81. The van der Waals surface area contributed by atoms with Crippen molar-refractivity contribution in [3.05, 3.63) is 0 Å². The van der Waals surface area contributed by atoms with E-state index < -0.39 is 15.4 Å². The summed E-state index contributed by atoms with van der Waals surface area (Å²) in [6.45, 7) is 1.35. The predicted molar refractivity (Wildman–Crippen MR) is 58.2 cm³/mol. The first-order chi connectivity index (χ1) is 7.21. The van der Waals surface area contributed by atoms with E-state index in [2.05, 4.69) is 9.05 Å². The fourth-order valence-corrected chi connectivity index (χ4v) is 1.81. The first kappa shape index (κ1) is 16.3. The van der Waals surface area contributed by atoms with Gasteiger partial charge < -0.3 is 19.2 Å². The van der Waals surface area contributed by atoms with Gasteiger partial charge in [-0.2, -0.15) is 0 Å². The van der Waals surface area contributed by atoms with Crippen molar-refractivity contribution in [1.82, 2.24) is 0 Å². The fourth-order valence-electron chi connectivity index (χ4n) is 0.975. The van der Waals surface area contributed by atoms with Crippen molar-refractivity contribution in [2.75, 3.05) is 19.9 Å². The molecule has 98 valence electrons. The van der Waals surface area contributed by atoms with Gasteiger partial charge in [-0.1, -0.05) is 12.8 Å². The molecule has 9 heteroatoms. The minimum Gasteiger partial charge on any atom is -0.324 e. The smallest absolute Gasteiger partial charge is 0.324 e. The van der Waals surface area contributed by atoms with Crippen LogP contribution in [-0.2, 0) is 18.2 Å². The summed E-state index contributed by atoms with van der Waals surface area (Å²) in [6, 6.07) is 0. The molecular formula is C7H18O7P2. The maximum Gasteiger partial charge on any atom is 0.469 e. The zero-order valence-corrected chi connectivity index (χ0v) is 10.9. The molecule has 0 aromatic rings. The van der Waals surface area contributed by atoms with Crippen LogP contribution in [0.25, 0.3) is 0 Å². The Kier molecular flexibility index (Phi) is 7.68. The van der Waals surface area contributed by atoms with E-state index in [0.717, 1.165) is 19.5 Å². The molecule has 0 bridgehead atoms. The summed E-state index contributed by atoms with van der Waals surface area (Å²) in [7, 11) is -7.72. The van der Waals surface area contributed by atoms with Gasteiger partial charge in [0, 0.05) is 6.66 Å². The van der Waals surface area contributed by atoms with Crippen LogP contribution in [-0.4, -0.2) is 34.6 Å². The van der Waals surface area contributed by atoms with Gasteiger partial charge in [0.1, 0.15) is 0 Å². The molecule has 1 unspecified atom stereocenters. The van der Waals surface area contributed by atoms with Crippen LogP contribution < -0.4 is 0 Å². The highest BCUT2D eigenvalue weighted by Crippen LogP contribution is 2.37. The Hall–Kier alpha value is 0.260. The molecule has 1 atom stereocenters. The second-order valence-electron chi connectivity index (χ2n) is 3.37. The van der Waals surface area contributed by atoms with E-state index in [-0.39, 0.29) is 13.2 Å². The van der Waals surface area contributed by atoms with Crippen LogP contribution >= 0.6 is 15.4 Å². The Morgan fingerprint density at radius 1 is 0.875 bits per heavy atom. The Bertz CT molecular complexity index is 240. The molecule has 0 saturated heterocycles. The maximum absolute atomic E-state index is 10.7. The van der Waals surface area contributed by atoms with E-state index in [9.17, 15) is 9.13 Å². The fraction of sp³-hybridized carbons (Fsp3) is 1.00. The van der Waals surface area contributed by atoms with Gasteiger partial charge in [0.25, 0.3) is 0 Å². The molecule has 0 aromatic carbocycles. The van der Waals surface area contributed by atoms with E-state index >= 15 is 0 Å². The van der Waals surface area contributed by atoms with Crippen LogP contribution in [0.5, 0.6) is 0 Å². The number of phosphoric acid groups is 1. The van der Waals surface area contributed by atoms with Crippen molar-refractivity contribution >= 4 is 15.4 Å². The molecule has 0 radical (unpaired) electrons. The number of phosphoric ester groups is 1. The van der Waals surface area contributed by atoms with E-state index in [1.165, 1.54) is 0 Å². The third-order valence-electron chi connectivity index (χ3n) is 1.63. The first-order valence-electron chi connectivity index (χ1n) is 4.85. The molecule has 0 aliphatic rings. The van der Waals surface area contributed by atoms with Crippen LogP contribution in [0.3, 0.4) is 0 Å². The molecule has 16 heavy (non-hydrogen) atoms. The van der Waals surface area contributed by atoms with Crippen LogP contribution in [0, 0.1) is 0 Å². The SMILES string of the molecule is CP(=O)(O)OCCCCCCOP(=O)(O)O. The summed E-state index contributed by atoms with van der Waals surface area (Å²) >= 11 is 0. The molecule has 3 N–H and O–H groups in total. The summed E-state index contributed by atoms with van der Waals surface area (Å²) in [5, 5.41) is 0. The predicted octanol–water partition coefficient (Wildman–Crippen LogP) is 1.49. The molecule has 0 aliphatic carbocycles. The van der Waals surface area contributed by atoms with Crippen LogP contribution in [0.4, 0.5) is 0 Å². The lowest BCUT2D eigenvalue weighted by Crippen LogP contribution is -1.94. The zero-order valence-electron chi connectivity index (χ0n) is 9.11. The highest BCUT2D eigenvalue weighted by atomic mass is 31.2. The van der Waals surface area contributed by atoms with Gasteiger partial charge >= 0.3 is 15.4 Å². The molecule has 0 aliphatic heterocycles. The molecule has 0 heterocycles. The minimum absolute atomic E-state index is 0.0113. The monoisotopic (exact) mass is 276 g/mol. The van der Waals surface area contributed by atoms with Gasteiger partial charge in [0.05, 0.1) is 13.2 Å². The van der Waals surface area contributed by atoms with E-state index in [4.69, 9.17) is 14.7 Å². The molecular weight excluding hydrogens is 258 g/mol. The number of hydrogen-bond donors (Lipinski definition) is 3. The molecule has 0 spiro atoms. The van der Waals surface area contributed by atoms with Gasteiger partial charge in [-0.25, -0.2) is 4.57 Å². The third kappa shape index (κ3) is 14.3. The molecule has 7 nitrogen and oxygen atoms in total. The van der Waals surface area contributed by atoms with Crippen molar-refractivity contribution in [2.24, 2.45) is 0 Å². The van der Waals surface area contributed by atoms with E-state index in [0.29, 0.717) is 12.8 Å². The molecule has 0 saturated carbocycles. The highest BCUT2D eigenvalue weighted by Gasteiger charge is 2.12. The average Bonchev–Trinajstić information content (AvgIpc) is 2.06. The van der Waals surface area contributed by atoms with Crippen molar-refractivity contribution in [1.29, 1.82) is 0 Å². The summed E-state index contributed by atoms with van der Waals surface area (Å²) in [6.07, 6.45) is 2.65. The minimum atomic E-state index is -4.34. The van der Waals surface area contributed by atoms with E-state index in [1.807, 2.05) is 0 Å². The quantitative estimate of drug-likeness (QED) is 0.431. The Labute approximate surface area is 94.6 Å². The number of unbranched alkanes of at least 4 members (excludes halogenated alkanes) is 3. The first-order valence-corrected chi connectivity index (χ1v) is 8.41. The van der Waals surface area contributed by atoms with Gasteiger partial charge in [0.15, 0.2) is 0 Å². The second-order valence-corrected chi connectivity index (χ2v) is 6.48. The Morgan fingerprint density at radius 3 is 1.69 bits per heavy atom. The summed E-state index contributed by atoms with van der Waals surface area (Å²) < 4.78 is 29.8. The standard InChI is InChI=1S/C7H18O7P2/c1-15(8,9)13-6-4-2-3-5-7-14-16(10,11)12/h2-7H2,1H3,(H,8,9)(H2,10,11,12). The van der Waals surface area contributed by atoms with Gasteiger partial charge in [-0.15, -0.1) is 0 Å². The molecule has 0 amide bonds. The number of hydrogen-bond acceptors (Lipinski definition) is 4. The van der Waals surface area contributed by atoms with Gasteiger partial charge in [0.2, 0.25) is 0 Å². The summed E-state index contributed by atoms with van der Waals surface area (Å²) in [5.41, 5.74) is 0. The van der Waals surface area contributed by atoms with Crippen LogP contribution in [0.1, 0.15) is 25.7 Å². The van der Waals surface area contributed by atoms with Crippen LogP contribution in [0.15, 0.2) is 0 Å². The molecule has 0 fully saturated rings. The van der Waals surface area contributed by atoms with Gasteiger partial charge in [-0.3, -0.25) is 9.09 Å². The van der Waals surface area contributed by atoms with E-state index in [1.54, 1.807) is 0 Å². The maximum atomic E-state index is 10.7. The van der Waals surface area contributed by atoms with Crippen LogP contribution in [0.2, 0.25) is 0 Å². The summed E-state index contributed by atoms with van der Waals surface area (Å²) in [5.74, 6) is 0. The van der Waals surface area contributed by atoms with Crippen molar-refractivity contribution in [3.8, 4) is 0 Å². The van der Waals surface area contributed by atoms with Crippen molar-refractivity contribution in [2.45, 2.75) is 25.7 Å². The normalized spacial score (nSPS) is 16.0. The second kappa shape index (κ2) is 7.56. The zero-order chi connectivity index (χ0) is 12.7. The number of rotatable bonds is 9. The Balaban J connectivity index is 3.23. The topological polar surface area (TPSA) is 113 Å². The van der Waals surface area contributed by atoms with Crippen molar-refractivity contribution in [3.63, 3.8) is 0 Å².